The maximum atomic E-state index is 15.8. The zero-order valence-electron chi connectivity index (χ0n) is 49.1. The highest BCUT2D eigenvalue weighted by Crippen LogP contribution is 2.50. The van der Waals surface area contributed by atoms with Crippen LogP contribution in [0.25, 0.3) is 160 Å². The Morgan fingerprint density at radius 2 is 0.609 bits per heavy atom. The topological polar surface area (TPSA) is 65.8 Å². The molecule has 0 fully saturated rings. The van der Waals surface area contributed by atoms with Crippen molar-refractivity contribution in [1.29, 1.82) is 0 Å². The first kappa shape index (κ1) is 55.0. The van der Waals surface area contributed by atoms with E-state index in [0.717, 1.165) is 128 Å². The lowest BCUT2D eigenvalue weighted by atomic mass is 9.95. The molecule has 0 radical (unpaired) electrons. The average Bonchev–Trinajstić information content (AvgIpc) is 1.54. The zero-order valence-corrected chi connectivity index (χ0v) is 49.1. The van der Waals surface area contributed by atoms with Crippen LogP contribution in [0.2, 0.25) is 0 Å². The van der Waals surface area contributed by atoms with E-state index in [4.69, 9.17) is 19.9 Å². The molecule has 92 heavy (non-hydrogen) atoms. The quantitative estimate of drug-likeness (QED) is 0.121. The van der Waals surface area contributed by atoms with Gasteiger partial charge in [0.25, 0.3) is 0 Å². The minimum atomic E-state index is -4.76. The first-order chi connectivity index (χ1) is 45.2. The molecule has 6 aromatic heterocycles. The number of aromatic nitrogens is 6. The summed E-state index contributed by atoms with van der Waals surface area (Å²) in [6, 6.07) is 90.5. The van der Waals surface area contributed by atoms with E-state index >= 15 is 13.2 Å². The number of rotatable bonds is 11. The number of halogens is 3. The van der Waals surface area contributed by atoms with E-state index in [1.165, 1.54) is 12.1 Å². The minimum absolute atomic E-state index is 0.0696. The largest absolute Gasteiger partial charge is 0.417 e. The van der Waals surface area contributed by atoms with Crippen LogP contribution in [0.4, 0.5) is 18.9 Å². The standard InChI is InChI=1S/C82H50F3N7/c1-86-80-75(91-76-44-56(60-30-39-71(87-48-60)52-16-6-2-7-17-52)26-34-65(76)66-35-27-57(45-77(66)91)61-31-40-72(88-49-61)53-18-8-3-9-19-53)43-38-69(64-24-14-15-25-70(64)82(83,84)85)81(80)92-78-46-58(62-32-41-73(89-50-62)54-20-10-4-11-21-54)28-36-67(78)68-37-29-59(47-79(68)92)63-33-42-74(90-51-63)55-22-12-5-13-23-55/h2-51H. The highest BCUT2D eigenvalue weighted by molar-refractivity contribution is 6.15. The van der Waals surface area contributed by atoms with Gasteiger partial charge >= 0.3 is 6.18 Å². The zero-order chi connectivity index (χ0) is 61.9. The first-order valence-electron chi connectivity index (χ1n) is 30.2. The molecule has 0 aliphatic carbocycles. The molecule has 0 saturated carbocycles. The molecule has 0 N–H and O–H groups in total. The number of pyridine rings is 4. The lowest BCUT2D eigenvalue weighted by Crippen LogP contribution is -2.09. The van der Waals surface area contributed by atoms with Gasteiger partial charge in [0.05, 0.1) is 68.4 Å². The van der Waals surface area contributed by atoms with Crippen molar-refractivity contribution in [3.63, 3.8) is 0 Å². The van der Waals surface area contributed by atoms with Gasteiger partial charge in [-0.1, -0.05) is 218 Å². The lowest BCUT2D eigenvalue weighted by Gasteiger charge is -2.22. The fraction of sp³-hybridized carbons (Fsp3) is 0.0122. The molecule has 0 aliphatic heterocycles. The highest BCUT2D eigenvalue weighted by Gasteiger charge is 2.35. The summed E-state index contributed by atoms with van der Waals surface area (Å²) in [6.07, 6.45) is 2.70. The molecule has 0 amide bonds. The van der Waals surface area contributed by atoms with Gasteiger partial charge in [-0.25, -0.2) is 4.85 Å². The second kappa shape index (κ2) is 22.7. The van der Waals surface area contributed by atoms with Gasteiger partial charge in [-0.15, -0.1) is 0 Å². The highest BCUT2D eigenvalue weighted by atomic mass is 19.4. The molecule has 0 unspecified atom stereocenters. The first-order valence-corrected chi connectivity index (χ1v) is 30.2. The summed E-state index contributed by atoms with van der Waals surface area (Å²) in [4.78, 5) is 24.2. The lowest BCUT2D eigenvalue weighted by molar-refractivity contribution is -0.137. The van der Waals surface area contributed by atoms with Crippen molar-refractivity contribution >= 4 is 49.3 Å². The maximum absolute atomic E-state index is 15.8. The molecule has 10 aromatic carbocycles. The van der Waals surface area contributed by atoms with E-state index in [1.54, 1.807) is 12.1 Å². The Labute approximate surface area is 527 Å². The fourth-order valence-corrected chi connectivity index (χ4v) is 12.9. The van der Waals surface area contributed by atoms with Crippen LogP contribution in [0, 0.1) is 6.57 Å². The Morgan fingerprint density at radius 1 is 0.293 bits per heavy atom. The van der Waals surface area contributed by atoms with Crippen LogP contribution in [0.1, 0.15) is 5.56 Å². The summed E-state index contributed by atoms with van der Waals surface area (Å²) in [5.41, 5.74) is 17.2. The van der Waals surface area contributed by atoms with E-state index in [9.17, 15) is 6.57 Å². The Hall–Kier alpha value is -12.3. The van der Waals surface area contributed by atoms with Crippen LogP contribution in [0.3, 0.4) is 0 Å². The second-order valence-corrected chi connectivity index (χ2v) is 22.8. The van der Waals surface area contributed by atoms with Crippen molar-refractivity contribution < 1.29 is 13.2 Å². The Bertz CT molecular complexity index is 5230. The fourth-order valence-electron chi connectivity index (χ4n) is 12.9. The Balaban J connectivity index is 0.976. The van der Waals surface area contributed by atoms with Crippen LogP contribution >= 0.6 is 0 Å². The van der Waals surface area contributed by atoms with Gasteiger partial charge in [-0.2, -0.15) is 13.2 Å². The van der Waals surface area contributed by atoms with E-state index < -0.39 is 11.7 Å². The van der Waals surface area contributed by atoms with Crippen molar-refractivity contribution in [2.24, 2.45) is 0 Å². The van der Waals surface area contributed by atoms with Crippen LogP contribution in [-0.4, -0.2) is 29.1 Å². The molecular weight excluding hydrogens is 1140 g/mol. The minimum Gasteiger partial charge on any atom is -0.319 e. The number of nitrogens with zero attached hydrogens (tertiary/aromatic N) is 7. The number of benzene rings is 10. The Morgan fingerprint density at radius 3 is 0.924 bits per heavy atom. The molecule has 0 saturated heterocycles. The summed E-state index contributed by atoms with van der Waals surface area (Å²) in [5, 5.41) is 3.50. The molecule has 0 spiro atoms. The smallest absolute Gasteiger partial charge is 0.319 e. The maximum Gasteiger partial charge on any atom is 0.417 e. The van der Waals surface area contributed by atoms with Gasteiger partial charge < -0.3 is 9.13 Å². The SMILES string of the molecule is [C-]#[N+]c1c(-n2c3cc(-c4ccc(-c5ccccc5)nc4)ccc3c3ccc(-c4ccc(-c5ccccc5)nc4)cc32)ccc(-c2ccccc2C(F)(F)F)c1-n1c2cc(-c3ccc(-c4ccccc4)nc3)ccc2c2ccc(-c3ccc(-c4ccccc4)nc3)cc21. The van der Waals surface area contributed by atoms with Crippen LogP contribution in [0.15, 0.2) is 304 Å². The van der Waals surface area contributed by atoms with Crippen molar-refractivity contribution in [3.05, 3.63) is 321 Å². The molecule has 0 atom stereocenters. The number of fused-ring (bicyclic) bond motifs is 6. The number of alkyl halides is 3. The molecule has 16 rings (SSSR count). The van der Waals surface area contributed by atoms with Crippen LogP contribution < -0.4 is 0 Å². The van der Waals surface area contributed by atoms with Gasteiger partial charge in [0.1, 0.15) is 0 Å². The molecule has 0 aliphatic rings. The molecular formula is C82H50F3N7. The van der Waals surface area contributed by atoms with E-state index in [-0.39, 0.29) is 22.5 Å². The predicted octanol–water partition coefficient (Wildman–Crippen LogP) is 22.0. The monoisotopic (exact) mass is 1190 g/mol. The summed E-state index contributed by atoms with van der Waals surface area (Å²) in [5.74, 6) is 0. The van der Waals surface area contributed by atoms with Crippen LogP contribution in [-0.2, 0) is 6.18 Å². The number of hydrogen-bond acceptors (Lipinski definition) is 4. The summed E-state index contributed by atoms with van der Waals surface area (Å²) in [6.45, 7) is 9.61. The normalized spacial score (nSPS) is 11.6. The van der Waals surface area contributed by atoms with E-state index in [2.05, 4.69) is 94.3 Å². The third-order valence-electron chi connectivity index (χ3n) is 17.4. The molecule has 10 heteroatoms. The van der Waals surface area contributed by atoms with Gasteiger partial charge in [-0.05, 0) is 94.0 Å². The van der Waals surface area contributed by atoms with Gasteiger partial charge in [-0.3, -0.25) is 19.9 Å². The molecule has 7 nitrogen and oxygen atoms in total. The van der Waals surface area contributed by atoms with Crippen molar-refractivity contribution in [2.45, 2.75) is 6.18 Å². The van der Waals surface area contributed by atoms with Crippen molar-refractivity contribution in [3.8, 4) is 112 Å². The predicted molar refractivity (Wildman–Crippen MR) is 366 cm³/mol. The number of hydrogen-bond donors (Lipinski definition) is 0. The third kappa shape index (κ3) is 9.82. The summed E-state index contributed by atoms with van der Waals surface area (Å²) >= 11 is 0. The van der Waals surface area contributed by atoms with E-state index in [1.807, 2.05) is 193 Å². The third-order valence-corrected chi connectivity index (χ3v) is 17.4. The van der Waals surface area contributed by atoms with E-state index in [0.29, 0.717) is 16.7 Å². The summed E-state index contributed by atoms with van der Waals surface area (Å²) in [7, 11) is 0. The van der Waals surface area contributed by atoms with Crippen LogP contribution in [0.5, 0.6) is 0 Å². The second-order valence-electron chi connectivity index (χ2n) is 22.8. The Kier molecular flexibility index (Phi) is 13.6. The van der Waals surface area contributed by atoms with Gasteiger partial charge in [0, 0.05) is 90.8 Å². The molecule has 16 aromatic rings. The molecule has 0 bridgehead atoms. The van der Waals surface area contributed by atoms with Gasteiger partial charge in [0.15, 0.2) is 0 Å². The summed E-state index contributed by atoms with van der Waals surface area (Å²) < 4.78 is 51.5. The van der Waals surface area contributed by atoms with Crippen molar-refractivity contribution in [2.75, 3.05) is 0 Å². The average molecular weight is 1190 g/mol. The van der Waals surface area contributed by atoms with Gasteiger partial charge in [0.2, 0.25) is 5.69 Å². The molecule has 434 valence electrons. The van der Waals surface area contributed by atoms with Crippen molar-refractivity contribution in [1.82, 2.24) is 29.1 Å². The molecule has 6 heterocycles.